The Morgan fingerprint density at radius 1 is 0.674 bits per heavy atom. The summed E-state index contributed by atoms with van der Waals surface area (Å²) in [7, 11) is 1.33. The molecule has 0 bridgehead atoms. The highest BCUT2D eigenvalue weighted by molar-refractivity contribution is 5.95. The van der Waals surface area contributed by atoms with Crippen LogP contribution in [0.25, 0.3) is 0 Å². The third-order valence-electron chi connectivity index (χ3n) is 6.59. The van der Waals surface area contributed by atoms with Crippen LogP contribution in [-0.4, -0.2) is 25.7 Å². The van der Waals surface area contributed by atoms with Crippen molar-refractivity contribution in [2.24, 2.45) is 0 Å². The molecule has 0 aromatic heterocycles. The van der Waals surface area contributed by atoms with Crippen molar-refractivity contribution < 1.29 is 62.9 Å². The Morgan fingerprint density at radius 2 is 1.20 bits per heavy atom. The normalized spacial score (nSPS) is 12.4. The van der Waals surface area contributed by atoms with E-state index in [4.69, 9.17) is 4.74 Å². The molecule has 0 saturated carbocycles. The quantitative estimate of drug-likeness (QED) is 0.183. The van der Waals surface area contributed by atoms with E-state index in [-0.39, 0.29) is 22.9 Å². The number of halogens is 10. The second-order valence-corrected chi connectivity index (χ2v) is 9.73. The van der Waals surface area contributed by atoms with Crippen LogP contribution in [0.3, 0.4) is 0 Å². The van der Waals surface area contributed by atoms with Gasteiger partial charge in [-0.1, -0.05) is 36.4 Å². The summed E-state index contributed by atoms with van der Waals surface area (Å²) >= 11 is 0. The highest BCUT2D eigenvalue weighted by Gasteiger charge is 2.40. The Balaban J connectivity index is 1.99. The number of benzene rings is 4. The van der Waals surface area contributed by atoms with E-state index in [0.29, 0.717) is 11.6 Å². The van der Waals surface area contributed by atoms with E-state index < -0.39 is 65.2 Å². The summed E-state index contributed by atoms with van der Waals surface area (Å²) in [5, 5.41) is 2.50. The van der Waals surface area contributed by atoms with E-state index >= 15 is 0 Å². The molecule has 0 heterocycles. The number of rotatable bonds is 9. The average molecular weight is 661 g/mol. The lowest BCUT2D eigenvalue weighted by atomic mass is 9.77. The Hall–Kier alpha value is -4.95. The van der Waals surface area contributed by atoms with Gasteiger partial charge in [0.05, 0.1) is 18.2 Å². The molecule has 4 rings (SSSR count). The molecule has 46 heavy (non-hydrogen) atoms. The summed E-state index contributed by atoms with van der Waals surface area (Å²) in [6.07, 6.45) is -15.9. The van der Waals surface area contributed by atoms with E-state index in [1.54, 1.807) is 0 Å². The number of nitrogens with one attached hydrogen (secondary N) is 1. The molecule has 0 aliphatic carbocycles. The molecular formula is C31H21F10NO4. The molecule has 0 aliphatic rings. The molecular weight excluding hydrogens is 640 g/mol. The highest BCUT2D eigenvalue weighted by atomic mass is 19.4. The van der Waals surface area contributed by atoms with Gasteiger partial charge in [-0.3, -0.25) is 4.79 Å². The van der Waals surface area contributed by atoms with Crippen molar-refractivity contribution in [1.82, 2.24) is 5.32 Å². The topological polar surface area (TPSA) is 56.8 Å². The molecule has 0 saturated heterocycles. The van der Waals surface area contributed by atoms with Gasteiger partial charge in [-0.15, -0.1) is 26.3 Å². The Kier molecular flexibility index (Phi) is 9.45. The predicted molar refractivity (Wildman–Crippen MR) is 143 cm³/mol. The van der Waals surface area contributed by atoms with Crippen molar-refractivity contribution in [3.63, 3.8) is 0 Å². The largest absolute Gasteiger partial charge is 0.573 e. The van der Waals surface area contributed by atoms with E-state index in [2.05, 4.69) is 14.8 Å². The minimum atomic E-state index is -5.20. The summed E-state index contributed by atoms with van der Waals surface area (Å²) in [5.41, 5.74) is -4.67. The fourth-order valence-corrected chi connectivity index (χ4v) is 4.72. The van der Waals surface area contributed by atoms with Crippen LogP contribution in [0.4, 0.5) is 43.9 Å². The third kappa shape index (κ3) is 8.40. The van der Waals surface area contributed by atoms with Crippen LogP contribution in [0.2, 0.25) is 0 Å². The number of hydrogen-bond donors (Lipinski definition) is 1. The van der Waals surface area contributed by atoms with Crippen LogP contribution < -0.4 is 19.5 Å². The van der Waals surface area contributed by atoms with Crippen LogP contribution in [0.5, 0.6) is 17.2 Å². The molecule has 244 valence electrons. The van der Waals surface area contributed by atoms with Crippen molar-refractivity contribution in [1.29, 1.82) is 0 Å². The van der Waals surface area contributed by atoms with Gasteiger partial charge >= 0.3 is 18.9 Å². The zero-order valence-electron chi connectivity index (χ0n) is 23.3. The van der Waals surface area contributed by atoms with E-state index in [1.807, 2.05) is 0 Å². The molecule has 15 heteroatoms. The van der Waals surface area contributed by atoms with Crippen LogP contribution in [0, 0.1) is 5.82 Å². The molecule has 0 atom stereocenters. The highest BCUT2D eigenvalue weighted by Crippen LogP contribution is 2.39. The zero-order chi connectivity index (χ0) is 33.9. The number of alkyl halides is 9. The second kappa shape index (κ2) is 12.8. The maximum absolute atomic E-state index is 14.0. The standard InChI is InChI=1S/C31H21F10NO4/c1-44-22-8-2-5-18(13-22)17-28(20-6-3-9-23(15-20)45-30(36,37)38,21-7-4-10-24(16-21)46-31(39,40)41)42-27(43)19-11-12-26(32)25(14-19)29(33,34)35/h2-16H,17H2,1H3,(H,42,43). The average Bonchev–Trinajstić information content (AvgIpc) is 2.95. The molecule has 0 spiro atoms. The summed E-state index contributed by atoms with van der Waals surface area (Å²) in [5.74, 6) is -4.23. The van der Waals surface area contributed by atoms with Crippen molar-refractivity contribution in [3.8, 4) is 17.2 Å². The smallest absolute Gasteiger partial charge is 0.497 e. The summed E-state index contributed by atoms with van der Waals surface area (Å²) in [6.45, 7) is 0. The van der Waals surface area contributed by atoms with E-state index in [9.17, 15) is 48.7 Å². The van der Waals surface area contributed by atoms with Gasteiger partial charge < -0.3 is 19.5 Å². The Bertz CT molecular complexity index is 1640. The summed E-state index contributed by atoms with van der Waals surface area (Å²) in [6, 6.07) is 15.6. The summed E-state index contributed by atoms with van der Waals surface area (Å²) in [4.78, 5) is 13.7. The van der Waals surface area contributed by atoms with Crippen molar-refractivity contribution in [3.05, 3.63) is 125 Å². The maximum atomic E-state index is 14.0. The van der Waals surface area contributed by atoms with Gasteiger partial charge in [0, 0.05) is 12.0 Å². The summed E-state index contributed by atoms with van der Waals surface area (Å²) < 4.78 is 147. The van der Waals surface area contributed by atoms with Gasteiger partial charge in [0.15, 0.2) is 0 Å². The lowest BCUT2D eigenvalue weighted by molar-refractivity contribution is -0.275. The lowest BCUT2D eigenvalue weighted by Gasteiger charge is -2.37. The molecule has 4 aromatic rings. The molecule has 1 N–H and O–H groups in total. The van der Waals surface area contributed by atoms with Crippen molar-refractivity contribution in [2.75, 3.05) is 7.11 Å². The minimum Gasteiger partial charge on any atom is -0.497 e. The number of amides is 1. The molecule has 5 nitrogen and oxygen atoms in total. The van der Waals surface area contributed by atoms with Crippen molar-refractivity contribution >= 4 is 5.91 Å². The Morgan fingerprint density at radius 3 is 1.70 bits per heavy atom. The molecule has 0 unspecified atom stereocenters. The second-order valence-electron chi connectivity index (χ2n) is 9.73. The number of carbonyl (C=O) groups excluding carboxylic acids is 1. The van der Waals surface area contributed by atoms with Gasteiger partial charge in [-0.2, -0.15) is 13.2 Å². The van der Waals surface area contributed by atoms with Crippen LogP contribution >= 0.6 is 0 Å². The Labute approximate surface area is 254 Å². The molecule has 0 fully saturated rings. The van der Waals surface area contributed by atoms with Gasteiger partial charge in [0.2, 0.25) is 0 Å². The number of ether oxygens (including phenoxy) is 3. The molecule has 0 radical (unpaired) electrons. The van der Waals surface area contributed by atoms with E-state index in [1.165, 1.54) is 43.5 Å². The lowest BCUT2D eigenvalue weighted by Crippen LogP contribution is -2.48. The van der Waals surface area contributed by atoms with Crippen LogP contribution in [0.1, 0.15) is 32.6 Å². The number of carbonyl (C=O) groups is 1. The third-order valence-corrected chi connectivity index (χ3v) is 6.59. The molecule has 0 aliphatic heterocycles. The van der Waals surface area contributed by atoms with Gasteiger partial charge in [0.25, 0.3) is 5.91 Å². The van der Waals surface area contributed by atoms with Gasteiger partial charge in [-0.05, 0) is 71.3 Å². The minimum absolute atomic E-state index is 0.187. The fourth-order valence-electron chi connectivity index (χ4n) is 4.72. The molecule has 1 amide bonds. The van der Waals surface area contributed by atoms with Gasteiger partial charge in [-0.25, -0.2) is 4.39 Å². The monoisotopic (exact) mass is 661 g/mol. The number of hydrogen-bond acceptors (Lipinski definition) is 4. The first-order chi connectivity index (χ1) is 21.4. The first kappa shape index (κ1) is 33.9. The van der Waals surface area contributed by atoms with Crippen LogP contribution in [0.15, 0.2) is 91.0 Å². The molecule has 4 aromatic carbocycles. The zero-order valence-corrected chi connectivity index (χ0v) is 23.3. The van der Waals surface area contributed by atoms with Gasteiger partial charge in [0.1, 0.15) is 23.1 Å². The fraction of sp³-hybridized carbons (Fsp3) is 0.194. The SMILES string of the molecule is COc1cccc(CC(NC(=O)c2ccc(F)c(C(F)(F)F)c2)(c2cccc(OC(F)(F)F)c2)c2cccc(OC(F)(F)F)c2)c1. The number of methoxy groups -OCH3 is 1. The predicted octanol–water partition coefficient (Wildman–Crippen LogP) is 8.57. The van der Waals surface area contributed by atoms with Crippen LogP contribution in [-0.2, 0) is 18.1 Å². The maximum Gasteiger partial charge on any atom is 0.573 e. The first-order valence-corrected chi connectivity index (χ1v) is 12.9. The first-order valence-electron chi connectivity index (χ1n) is 12.9. The van der Waals surface area contributed by atoms with E-state index in [0.717, 1.165) is 42.5 Å². The van der Waals surface area contributed by atoms with Crippen molar-refractivity contribution in [2.45, 2.75) is 30.9 Å².